The van der Waals surface area contributed by atoms with Gasteiger partial charge in [-0.05, 0) is 47.9 Å². The molecule has 1 heterocycles. The molecule has 0 aliphatic carbocycles. The molecule has 1 aliphatic heterocycles. The van der Waals surface area contributed by atoms with Crippen LogP contribution in [0.25, 0.3) is 0 Å². The molecule has 0 bridgehead atoms. The Kier molecular flexibility index (Phi) is 7.66. The van der Waals surface area contributed by atoms with Gasteiger partial charge in [-0.2, -0.15) is 5.26 Å². The van der Waals surface area contributed by atoms with Crippen molar-refractivity contribution in [2.45, 2.75) is 47.6 Å². The van der Waals surface area contributed by atoms with Crippen LogP contribution in [0, 0.1) is 11.3 Å². The van der Waals surface area contributed by atoms with E-state index in [4.69, 9.17) is 21.1 Å². The normalized spacial score (nSPS) is 18.0. The number of carbonyl (C=O) groups is 1. The monoisotopic (exact) mass is 492 g/mol. The van der Waals surface area contributed by atoms with Crippen molar-refractivity contribution in [2.24, 2.45) is 0 Å². The highest BCUT2D eigenvalue weighted by molar-refractivity contribution is 7.99. The number of nitrogens with one attached hydrogen (secondary N) is 1. The maximum Gasteiger partial charge on any atom is 0.407 e. The number of carbonyl (C=O) groups excluding carboxylic acids is 1. The summed E-state index contributed by atoms with van der Waals surface area (Å²) in [7, 11) is 0. The zero-order valence-corrected chi connectivity index (χ0v) is 20.4. The van der Waals surface area contributed by atoms with Gasteiger partial charge in [-0.3, -0.25) is 0 Å². The number of benzene rings is 3. The number of hydrogen-bond acceptors (Lipinski definition) is 5. The van der Waals surface area contributed by atoms with Crippen LogP contribution in [-0.4, -0.2) is 18.2 Å². The molecule has 174 valence electrons. The van der Waals surface area contributed by atoms with Gasteiger partial charge in [0, 0.05) is 20.7 Å². The van der Waals surface area contributed by atoms with E-state index in [-0.39, 0.29) is 18.9 Å². The first-order chi connectivity index (χ1) is 16.5. The highest BCUT2D eigenvalue weighted by Crippen LogP contribution is 2.41. The van der Waals surface area contributed by atoms with Crippen molar-refractivity contribution in [2.75, 3.05) is 6.61 Å². The predicted octanol–water partition coefficient (Wildman–Crippen LogP) is 6.96. The number of rotatable bonds is 9. The van der Waals surface area contributed by atoms with Gasteiger partial charge in [0.05, 0.1) is 18.0 Å². The summed E-state index contributed by atoms with van der Waals surface area (Å²) in [5.74, 6) is 0.665. The van der Waals surface area contributed by atoms with Crippen LogP contribution in [0.2, 0.25) is 5.02 Å². The van der Waals surface area contributed by atoms with Crippen molar-refractivity contribution in [1.29, 1.82) is 5.26 Å². The third-order valence-electron chi connectivity index (χ3n) is 5.92. The second-order valence-electron chi connectivity index (χ2n) is 8.19. The minimum atomic E-state index is -0.774. The van der Waals surface area contributed by atoms with E-state index in [2.05, 4.69) is 11.4 Å². The Morgan fingerprint density at radius 3 is 2.62 bits per heavy atom. The van der Waals surface area contributed by atoms with E-state index >= 15 is 0 Å². The molecule has 0 spiro atoms. The highest BCUT2D eigenvalue weighted by atomic mass is 35.5. The lowest BCUT2D eigenvalue weighted by Gasteiger charge is -2.34. The maximum atomic E-state index is 11.8. The van der Waals surface area contributed by atoms with Crippen LogP contribution in [0.1, 0.15) is 36.8 Å². The molecule has 0 saturated carbocycles. The molecule has 7 heteroatoms. The Morgan fingerprint density at radius 1 is 1.15 bits per heavy atom. The molecule has 2 unspecified atom stereocenters. The Hall–Kier alpha value is -3.14. The number of amides is 1. The molecule has 1 N–H and O–H groups in total. The Bertz CT molecular complexity index is 1200. The molecule has 4 rings (SSSR count). The number of cyclic esters (lactones) is 1. The van der Waals surface area contributed by atoms with Crippen LogP contribution in [0.3, 0.4) is 0 Å². The Labute approximate surface area is 209 Å². The van der Waals surface area contributed by atoms with Gasteiger partial charge in [-0.1, -0.05) is 72.8 Å². The van der Waals surface area contributed by atoms with Gasteiger partial charge in [0.25, 0.3) is 0 Å². The van der Waals surface area contributed by atoms with Gasteiger partial charge in [0.15, 0.2) is 0 Å². The quantitative estimate of drug-likeness (QED) is 0.349. The largest absolute Gasteiger partial charge is 0.489 e. The molecular weight excluding hydrogens is 468 g/mol. The van der Waals surface area contributed by atoms with Gasteiger partial charge >= 0.3 is 6.09 Å². The number of alkyl carbamates (subject to hydrolysis) is 1. The van der Waals surface area contributed by atoms with Crippen LogP contribution < -0.4 is 10.1 Å². The molecule has 3 aromatic rings. The van der Waals surface area contributed by atoms with E-state index in [0.29, 0.717) is 18.1 Å². The van der Waals surface area contributed by atoms with Crippen molar-refractivity contribution in [1.82, 2.24) is 5.32 Å². The average molecular weight is 493 g/mol. The standard InChI is InChI=1S/C27H25ClN2O3S/c1-2-24(27(13-14-29)18-33-26(31)30-27)23-12-11-22(16-25(23)28)34-21-10-6-9-20(15-21)32-17-19-7-4-3-5-8-19/h3-12,15-16,24H,2,13,17-18H2,1H3,(H,30,31). The van der Waals surface area contributed by atoms with Crippen LogP contribution in [-0.2, 0) is 11.3 Å². The molecule has 0 aromatic heterocycles. The van der Waals surface area contributed by atoms with Crippen molar-refractivity contribution in [3.8, 4) is 11.8 Å². The highest BCUT2D eigenvalue weighted by Gasteiger charge is 2.46. The minimum absolute atomic E-state index is 0.139. The zero-order chi connectivity index (χ0) is 24.0. The van der Waals surface area contributed by atoms with Crippen molar-refractivity contribution in [3.05, 3.63) is 88.9 Å². The van der Waals surface area contributed by atoms with Gasteiger partial charge < -0.3 is 14.8 Å². The summed E-state index contributed by atoms with van der Waals surface area (Å²) in [6.07, 6.45) is 0.365. The lowest BCUT2D eigenvalue weighted by Crippen LogP contribution is -2.48. The fourth-order valence-corrected chi connectivity index (χ4v) is 5.57. The smallest absolute Gasteiger partial charge is 0.407 e. The van der Waals surface area contributed by atoms with E-state index in [0.717, 1.165) is 26.7 Å². The second-order valence-corrected chi connectivity index (χ2v) is 9.74. The van der Waals surface area contributed by atoms with Gasteiger partial charge in [-0.25, -0.2) is 4.79 Å². The fourth-order valence-electron chi connectivity index (χ4n) is 4.28. The number of ether oxygens (including phenoxy) is 2. The summed E-state index contributed by atoms with van der Waals surface area (Å²) < 4.78 is 11.1. The molecule has 1 amide bonds. The molecule has 1 aliphatic rings. The Balaban J connectivity index is 1.49. The summed E-state index contributed by atoms with van der Waals surface area (Å²) >= 11 is 8.32. The summed E-state index contributed by atoms with van der Waals surface area (Å²) in [5, 5.41) is 12.8. The van der Waals surface area contributed by atoms with Gasteiger partial charge in [0.2, 0.25) is 0 Å². The molecule has 34 heavy (non-hydrogen) atoms. The van der Waals surface area contributed by atoms with E-state index in [1.165, 1.54) is 0 Å². The summed E-state index contributed by atoms with van der Waals surface area (Å²) in [6, 6.07) is 26.1. The van der Waals surface area contributed by atoms with Crippen LogP contribution >= 0.6 is 23.4 Å². The topological polar surface area (TPSA) is 71.3 Å². The van der Waals surface area contributed by atoms with Crippen molar-refractivity contribution >= 4 is 29.5 Å². The molecule has 1 saturated heterocycles. The lowest BCUT2D eigenvalue weighted by molar-refractivity contribution is 0.168. The van der Waals surface area contributed by atoms with Crippen LogP contribution in [0.5, 0.6) is 5.75 Å². The van der Waals surface area contributed by atoms with Crippen LogP contribution in [0.4, 0.5) is 4.79 Å². The SMILES string of the molecule is CCC(c1ccc(Sc2cccc(OCc3ccccc3)c2)cc1Cl)C1(CC#N)COC(=O)N1. The minimum Gasteiger partial charge on any atom is -0.489 e. The predicted molar refractivity (Wildman–Crippen MR) is 133 cm³/mol. The van der Waals surface area contributed by atoms with Crippen molar-refractivity contribution in [3.63, 3.8) is 0 Å². The lowest BCUT2D eigenvalue weighted by atomic mass is 9.76. The van der Waals surface area contributed by atoms with Gasteiger partial charge in [0.1, 0.15) is 19.0 Å². The third kappa shape index (κ3) is 5.49. The molecule has 5 nitrogen and oxygen atoms in total. The zero-order valence-electron chi connectivity index (χ0n) is 18.8. The first-order valence-corrected chi connectivity index (χ1v) is 12.3. The molecule has 2 atom stereocenters. The molecule has 3 aromatic carbocycles. The van der Waals surface area contributed by atoms with Gasteiger partial charge in [-0.15, -0.1) is 0 Å². The Morgan fingerprint density at radius 2 is 1.94 bits per heavy atom. The summed E-state index contributed by atoms with van der Waals surface area (Å²) in [5.41, 5.74) is 1.24. The van der Waals surface area contributed by atoms with Crippen molar-refractivity contribution < 1.29 is 14.3 Å². The number of nitrogens with zero attached hydrogens (tertiary/aromatic N) is 1. The number of halogens is 1. The van der Waals surface area contributed by atoms with E-state index in [1.54, 1.807) is 11.8 Å². The number of nitriles is 1. The van der Waals surface area contributed by atoms with E-state index in [9.17, 15) is 10.1 Å². The van der Waals surface area contributed by atoms with Crippen LogP contribution in [0.15, 0.2) is 82.6 Å². The number of hydrogen-bond donors (Lipinski definition) is 1. The second kappa shape index (κ2) is 10.9. The summed E-state index contributed by atoms with van der Waals surface area (Å²) in [4.78, 5) is 13.8. The van der Waals surface area contributed by atoms with E-state index in [1.807, 2.05) is 79.7 Å². The summed E-state index contributed by atoms with van der Waals surface area (Å²) in [6.45, 7) is 2.69. The first-order valence-electron chi connectivity index (χ1n) is 11.1. The third-order valence-corrected chi connectivity index (χ3v) is 7.23. The molecule has 1 fully saturated rings. The molecule has 0 radical (unpaired) electrons. The molecular formula is C27H25ClN2O3S. The maximum absolute atomic E-state index is 11.8. The van der Waals surface area contributed by atoms with E-state index < -0.39 is 11.6 Å². The average Bonchev–Trinajstić information content (AvgIpc) is 3.22. The fraction of sp³-hybridized carbons (Fsp3) is 0.259. The first kappa shape index (κ1) is 24.0.